The van der Waals surface area contributed by atoms with Crippen LogP contribution in [0.2, 0.25) is 0 Å². The van der Waals surface area contributed by atoms with E-state index < -0.39 is 52.5 Å². The third-order valence-corrected chi connectivity index (χ3v) is 11.5. The normalized spacial score (nSPS) is 23.6. The van der Waals surface area contributed by atoms with E-state index in [1.807, 2.05) is 6.92 Å². The molecule has 0 aromatic heterocycles. The number of fused-ring (bicyclic) bond motifs is 3. The van der Waals surface area contributed by atoms with Gasteiger partial charge in [0.15, 0.2) is 17.2 Å². The molecule has 58 heavy (non-hydrogen) atoms. The number of carbonyl (C=O) groups excluding carboxylic acids is 7. The molecule has 3 radical (unpaired) electrons. The Bertz CT molecular complexity index is 1950. The van der Waals surface area contributed by atoms with E-state index in [9.17, 15) is 33.6 Å². The van der Waals surface area contributed by atoms with Crippen molar-refractivity contribution in [3.8, 4) is 0 Å². The van der Waals surface area contributed by atoms with E-state index in [0.717, 1.165) is 38.5 Å². The maximum Gasteiger partial charge on any atom is 0.412 e. The van der Waals surface area contributed by atoms with Gasteiger partial charge >= 0.3 is 12.2 Å². The number of nitrogens with zero attached hydrogens (tertiary/aromatic N) is 3. The standard InChI is InChI=1S/C21H27N3O5.C21H27N3O4.B/c1-4-5-6-11-15(17(26)18-21(2,3)12-29-20(28)23-18)16(25)13-9-7-8-10-14(13)19(27)24-22;1-4-5-6-11-15-21(18-20(2,3)12-28-19(27)24(18)21)23(15)17(26)14-10-8-7-9-13(14)16(22)25;/h7-10,15,18,22H,4-6,11-12H2,1-3H3,(H,23,28);7-10,15,18H,4-6,11-12H2,1-3H3,(H2,22,25);/t15-,18?;15?,18-,21-,23?,24?;/m00./s1. The number of hydrogen-bond donors (Lipinski definition) is 3. The van der Waals surface area contributed by atoms with Gasteiger partial charge < -0.3 is 25.4 Å². The van der Waals surface area contributed by atoms with Crippen molar-refractivity contribution in [2.24, 2.45) is 27.6 Å². The Kier molecular flexibility index (Phi) is 14.1. The maximum atomic E-state index is 13.4. The second-order valence-corrected chi connectivity index (χ2v) is 16.6. The van der Waals surface area contributed by atoms with Crippen LogP contribution in [0.15, 0.2) is 53.6 Å². The van der Waals surface area contributed by atoms with E-state index in [1.165, 1.54) is 12.1 Å². The number of benzene rings is 2. The van der Waals surface area contributed by atoms with E-state index in [4.69, 9.17) is 20.7 Å². The minimum atomic E-state index is -1.01. The van der Waals surface area contributed by atoms with Gasteiger partial charge in [-0.05, 0) is 31.0 Å². The number of amides is 5. The number of primary amides is 1. The van der Waals surface area contributed by atoms with Crippen molar-refractivity contribution in [1.82, 2.24) is 15.1 Å². The van der Waals surface area contributed by atoms with Gasteiger partial charge in [0.2, 0.25) is 5.91 Å². The van der Waals surface area contributed by atoms with Gasteiger partial charge in [-0.25, -0.2) is 15.1 Å². The van der Waals surface area contributed by atoms with Gasteiger partial charge in [-0.1, -0.05) is 110 Å². The first kappa shape index (κ1) is 45.3. The highest BCUT2D eigenvalue weighted by Gasteiger charge is 2.90. The zero-order chi connectivity index (χ0) is 41.9. The van der Waals surface area contributed by atoms with Crippen molar-refractivity contribution in [2.75, 3.05) is 13.2 Å². The molecule has 0 saturated carbocycles. The monoisotopic (exact) mass is 797 g/mol. The van der Waals surface area contributed by atoms with Crippen LogP contribution in [-0.2, 0) is 14.3 Å². The number of ether oxygens (including phenoxy) is 2. The number of hydrogen-bond acceptors (Lipinski definition) is 10. The number of nitrogens with one attached hydrogen (secondary N) is 2. The zero-order valence-corrected chi connectivity index (χ0v) is 34.2. The van der Waals surface area contributed by atoms with Crippen LogP contribution in [0.25, 0.3) is 0 Å². The van der Waals surface area contributed by atoms with Crippen LogP contribution in [0, 0.1) is 22.3 Å². The van der Waals surface area contributed by atoms with Crippen LogP contribution in [0.5, 0.6) is 0 Å². The van der Waals surface area contributed by atoms with E-state index in [0.29, 0.717) is 25.0 Å². The molecular formula is C42H54BN6O9. The van der Waals surface area contributed by atoms with Crippen molar-refractivity contribution in [3.63, 3.8) is 0 Å². The fourth-order valence-corrected chi connectivity index (χ4v) is 8.54. The molecule has 2 aromatic carbocycles. The van der Waals surface area contributed by atoms with E-state index >= 15 is 0 Å². The van der Waals surface area contributed by atoms with Gasteiger partial charge in [0.25, 0.3) is 11.8 Å². The molecule has 4 heterocycles. The van der Waals surface area contributed by atoms with Crippen LogP contribution in [0.4, 0.5) is 9.59 Å². The van der Waals surface area contributed by atoms with Gasteiger partial charge in [-0.15, -0.1) is 5.11 Å². The first-order valence-corrected chi connectivity index (χ1v) is 19.7. The molecule has 4 saturated heterocycles. The summed E-state index contributed by atoms with van der Waals surface area (Å²) in [4.78, 5) is 91.6. The largest absolute Gasteiger partial charge is 0.449 e. The predicted octanol–water partition coefficient (Wildman–Crippen LogP) is 6.31. The third kappa shape index (κ3) is 8.56. The zero-order valence-electron chi connectivity index (χ0n) is 34.2. The summed E-state index contributed by atoms with van der Waals surface area (Å²) in [6, 6.07) is 11.7. The summed E-state index contributed by atoms with van der Waals surface area (Å²) in [5.74, 6) is -3.60. The highest BCUT2D eigenvalue weighted by Crippen LogP contribution is 2.68. The van der Waals surface area contributed by atoms with Crippen LogP contribution in [0.3, 0.4) is 0 Å². The Balaban J connectivity index is 0.000000252. The minimum absolute atomic E-state index is 0. The number of ketones is 2. The number of unbranched alkanes of at least 4 members (excludes halogenated alkanes) is 4. The summed E-state index contributed by atoms with van der Waals surface area (Å²) in [5.41, 5.74) is 11.5. The number of Topliss-reactive ketones (excluding diaryl/α,β-unsaturated/α-hetero) is 2. The molecule has 16 heteroatoms. The van der Waals surface area contributed by atoms with E-state index in [2.05, 4.69) is 31.2 Å². The molecule has 2 unspecified atom stereocenters. The van der Waals surface area contributed by atoms with Gasteiger partial charge in [-0.2, -0.15) is 0 Å². The molecule has 15 nitrogen and oxygen atoms in total. The maximum absolute atomic E-state index is 13.4. The van der Waals surface area contributed by atoms with Crippen LogP contribution >= 0.6 is 0 Å². The van der Waals surface area contributed by atoms with Crippen LogP contribution < -0.4 is 11.1 Å². The minimum Gasteiger partial charge on any atom is -0.449 e. The fourth-order valence-electron chi connectivity index (χ4n) is 8.54. The Hall–Kier alpha value is -5.41. The molecule has 4 N–H and O–H groups in total. The third-order valence-electron chi connectivity index (χ3n) is 11.5. The lowest BCUT2D eigenvalue weighted by Crippen LogP contribution is -2.58. The van der Waals surface area contributed by atoms with Gasteiger partial charge in [0, 0.05) is 24.8 Å². The van der Waals surface area contributed by atoms with E-state index in [1.54, 1.807) is 60.0 Å². The topological polar surface area (TPSA) is 218 Å². The van der Waals surface area contributed by atoms with Crippen LogP contribution in [0.1, 0.15) is 134 Å². The number of cyclic esters (lactones) is 2. The molecule has 4 fully saturated rings. The summed E-state index contributed by atoms with van der Waals surface area (Å²) >= 11 is 0. The number of alkyl carbamates (subject to hydrolysis) is 1. The lowest BCUT2D eigenvalue weighted by molar-refractivity contribution is -0.128. The Labute approximate surface area is 341 Å². The van der Waals surface area contributed by atoms with E-state index in [-0.39, 0.29) is 61.2 Å². The summed E-state index contributed by atoms with van der Waals surface area (Å²) in [6.45, 7) is 12.3. The Morgan fingerprint density at radius 2 is 1.41 bits per heavy atom. The second kappa shape index (κ2) is 18.0. The quantitative estimate of drug-likeness (QED) is 0.0459. The number of carbonyl (C=O) groups is 7. The molecule has 4 aliphatic rings. The lowest BCUT2D eigenvalue weighted by Gasteiger charge is -2.38. The van der Waals surface area contributed by atoms with Crippen molar-refractivity contribution in [3.05, 3.63) is 70.8 Å². The van der Waals surface area contributed by atoms with Crippen molar-refractivity contribution >= 4 is 49.9 Å². The Morgan fingerprint density at radius 1 is 0.845 bits per heavy atom. The number of nitrogens with two attached hydrogens (primary N) is 1. The molecule has 4 aliphatic heterocycles. The molecule has 6 rings (SSSR count). The molecule has 1 spiro atoms. The first-order valence-electron chi connectivity index (χ1n) is 19.7. The van der Waals surface area contributed by atoms with Crippen molar-refractivity contribution < 1.29 is 43.0 Å². The highest BCUT2D eigenvalue weighted by atomic mass is 16.6. The smallest absolute Gasteiger partial charge is 0.412 e. The fraction of sp³-hybridized carbons (Fsp3) is 0.548. The van der Waals surface area contributed by atoms with Crippen LogP contribution in [-0.4, -0.2) is 96.7 Å². The molecular weight excluding hydrogens is 743 g/mol. The van der Waals surface area contributed by atoms with Crippen molar-refractivity contribution in [2.45, 2.75) is 117 Å². The SMILES string of the molecule is CCCCCC1N(C(=O)c2ccccc2C(N)=O)[C@@]12[C@H]1N2C(=O)OCC1(C)C.CCCCC[C@@H](C(=O)c1ccccc1C(=O)N=N)C(=O)C1NC(=O)OCC1(C)C.[B]. The lowest BCUT2D eigenvalue weighted by atomic mass is 9.75. The molecule has 0 aliphatic carbocycles. The van der Waals surface area contributed by atoms with Gasteiger partial charge in [0.1, 0.15) is 13.2 Å². The molecule has 309 valence electrons. The number of rotatable bonds is 15. The van der Waals surface area contributed by atoms with Gasteiger partial charge in [-0.3, -0.25) is 28.9 Å². The predicted molar refractivity (Wildman–Crippen MR) is 213 cm³/mol. The molecule has 5 atom stereocenters. The van der Waals surface area contributed by atoms with Gasteiger partial charge in [0.05, 0.1) is 40.7 Å². The van der Waals surface area contributed by atoms with Crippen molar-refractivity contribution in [1.29, 1.82) is 5.53 Å². The highest BCUT2D eigenvalue weighted by molar-refractivity contribution is 6.17. The molecule has 2 aromatic rings. The Morgan fingerprint density at radius 3 is 2.00 bits per heavy atom. The summed E-state index contributed by atoms with van der Waals surface area (Å²) in [5, 5.41) is 5.46. The summed E-state index contributed by atoms with van der Waals surface area (Å²) in [6.07, 6.45) is 5.67. The second-order valence-electron chi connectivity index (χ2n) is 16.6. The molecule has 0 bridgehead atoms. The summed E-state index contributed by atoms with van der Waals surface area (Å²) < 4.78 is 10.4. The first-order chi connectivity index (χ1) is 27.0. The average Bonchev–Trinajstić information content (AvgIpc) is 4.08. The summed E-state index contributed by atoms with van der Waals surface area (Å²) in [7, 11) is 0. The average molecular weight is 798 g/mol. The molecule has 5 amide bonds.